The molecule has 26 heavy (non-hydrogen) atoms. The van der Waals surface area contributed by atoms with Gasteiger partial charge in [-0.15, -0.1) is 0 Å². The predicted octanol–water partition coefficient (Wildman–Crippen LogP) is 4.54. The van der Waals surface area contributed by atoms with Crippen molar-refractivity contribution in [3.63, 3.8) is 0 Å². The quantitative estimate of drug-likeness (QED) is 0.718. The van der Waals surface area contributed by atoms with E-state index in [1.807, 2.05) is 38.1 Å². The van der Waals surface area contributed by atoms with Crippen molar-refractivity contribution in [3.8, 4) is 17.2 Å². The molecule has 1 heterocycles. The molecule has 4 heteroatoms. The number of pyridine rings is 1. The van der Waals surface area contributed by atoms with Crippen LogP contribution >= 0.6 is 0 Å². The van der Waals surface area contributed by atoms with Gasteiger partial charge in [0.15, 0.2) is 0 Å². The Bertz CT molecular complexity index is 831. The molecular weight excluding hydrogens is 324 g/mol. The third kappa shape index (κ3) is 4.49. The van der Waals surface area contributed by atoms with E-state index in [-0.39, 0.29) is 12.4 Å². The maximum atomic E-state index is 12.1. The van der Waals surface area contributed by atoms with E-state index in [0.29, 0.717) is 18.1 Å². The monoisotopic (exact) mass is 350 g/mol. The lowest BCUT2D eigenvalue weighted by Crippen LogP contribution is -2.14. The highest BCUT2D eigenvalue weighted by Gasteiger charge is 2.22. The lowest BCUT2D eigenvalue weighted by Gasteiger charge is -2.18. The minimum Gasteiger partial charge on any atom is -0.466 e. The molecule has 4 nitrogen and oxygen atoms in total. The molecule has 0 saturated heterocycles. The number of aryl methyl sites for hydroxylation is 2. The van der Waals surface area contributed by atoms with E-state index in [0.717, 1.165) is 40.1 Å². The Hall–Kier alpha value is -2.67. The number of benzene rings is 1. The number of aromatic nitrogens is 1. The van der Waals surface area contributed by atoms with E-state index < -0.39 is 0 Å². The number of nitrogens with zero attached hydrogens (tertiary/aromatic N) is 2. The van der Waals surface area contributed by atoms with Crippen LogP contribution in [0.4, 0.5) is 0 Å². The SMILES string of the molecule is CCOC(=O)Cc1c(C)nc(CC(C)C)c(C#N)c1-c1ccc(C)cc1. The fourth-order valence-corrected chi connectivity index (χ4v) is 3.07. The molecule has 1 aromatic carbocycles. The average Bonchev–Trinajstić information content (AvgIpc) is 2.57. The lowest BCUT2D eigenvalue weighted by molar-refractivity contribution is -0.142. The lowest BCUT2D eigenvalue weighted by atomic mass is 9.89. The predicted molar refractivity (Wildman–Crippen MR) is 103 cm³/mol. The van der Waals surface area contributed by atoms with Gasteiger partial charge in [-0.2, -0.15) is 5.26 Å². The number of hydrogen-bond acceptors (Lipinski definition) is 4. The van der Waals surface area contributed by atoms with Gasteiger partial charge < -0.3 is 4.74 Å². The van der Waals surface area contributed by atoms with E-state index in [1.165, 1.54) is 0 Å². The first-order chi connectivity index (χ1) is 12.4. The van der Waals surface area contributed by atoms with Crippen LogP contribution in [0.5, 0.6) is 0 Å². The van der Waals surface area contributed by atoms with Crippen molar-refractivity contribution in [2.45, 2.75) is 47.5 Å². The molecule has 0 aliphatic rings. The molecule has 1 aromatic heterocycles. The minimum atomic E-state index is -0.300. The Labute approximate surface area is 155 Å². The van der Waals surface area contributed by atoms with Gasteiger partial charge in [-0.1, -0.05) is 43.7 Å². The van der Waals surface area contributed by atoms with Crippen LogP contribution in [0.1, 0.15) is 48.8 Å². The van der Waals surface area contributed by atoms with Crippen LogP contribution in [0.3, 0.4) is 0 Å². The summed E-state index contributed by atoms with van der Waals surface area (Å²) >= 11 is 0. The van der Waals surface area contributed by atoms with Crippen molar-refractivity contribution < 1.29 is 9.53 Å². The first kappa shape index (κ1) is 19.7. The van der Waals surface area contributed by atoms with Crippen molar-refractivity contribution in [2.24, 2.45) is 5.92 Å². The summed E-state index contributed by atoms with van der Waals surface area (Å²) in [7, 11) is 0. The highest BCUT2D eigenvalue weighted by atomic mass is 16.5. The Morgan fingerprint density at radius 1 is 1.23 bits per heavy atom. The van der Waals surface area contributed by atoms with Crippen LogP contribution in [-0.2, 0) is 22.4 Å². The van der Waals surface area contributed by atoms with Crippen molar-refractivity contribution in [1.82, 2.24) is 4.98 Å². The maximum Gasteiger partial charge on any atom is 0.310 e. The smallest absolute Gasteiger partial charge is 0.310 e. The van der Waals surface area contributed by atoms with Crippen LogP contribution in [0, 0.1) is 31.1 Å². The van der Waals surface area contributed by atoms with Gasteiger partial charge in [-0.3, -0.25) is 9.78 Å². The summed E-state index contributed by atoms with van der Waals surface area (Å²) in [5, 5.41) is 9.87. The van der Waals surface area contributed by atoms with Gasteiger partial charge in [0.1, 0.15) is 6.07 Å². The zero-order chi connectivity index (χ0) is 19.3. The van der Waals surface area contributed by atoms with Crippen molar-refractivity contribution >= 4 is 5.97 Å². The first-order valence-corrected chi connectivity index (χ1v) is 9.02. The number of esters is 1. The molecule has 0 unspecified atom stereocenters. The Morgan fingerprint density at radius 3 is 2.42 bits per heavy atom. The summed E-state index contributed by atoms with van der Waals surface area (Å²) in [6, 6.07) is 10.4. The van der Waals surface area contributed by atoms with Gasteiger partial charge in [-0.25, -0.2) is 0 Å². The number of nitriles is 1. The molecule has 0 N–H and O–H groups in total. The molecule has 0 spiro atoms. The third-order valence-corrected chi connectivity index (χ3v) is 4.26. The van der Waals surface area contributed by atoms with Crippen LogP contribution < -0.4 is 0 Å². The summed E-state index contributed by atoms with van der Waals surface area (Å²) in [5.41, 5.74) is 5.80. The number of ether oxygens (including phenoxy) is 1. The van der Waals surface area contributed by atoms with E-state index in [1.54, 1.807) is 6.92 Å². The molecule has 0 aliphatic carbocycles. The highest BCUT2D eigenvalue weighted by Crippen LogP contribution is 2.32. The number of hydrogen-bond donors (Lipinski definition) is 0. The number of carbonyl (C=O) groups excluding carboxylic acids is 1. The zero-order valence-corrected chi connectivity index (χ0v) is 16.2. The van der Waals surface area contributed by atoms with Crippen molar-refractivity contribution in [2.75, 3.05) is 6.61 Å². The molecule has 0 saturated carbocycles. The summed E-state index contributed by atoms with van der Waals surface area (Å²) in [6.45, 7) is 10.3. The second kappa shape index (κ2) is 8.62. The van der Waals surface area contributed by atoms with Crippen LogP contribution in [0.15, 0.2) is 24.3 Å². The number of carbonyl (C=O) groups is 1. The molecule has 136 valence electrons. The zero-order valence-electron chi connectivity index (χ0n) is 16.2. The van der Waals surface area contributed by atoms with Gasteiger partial charge in [0.25, 0.3) is 0 Å². The molecule has 0 aliphatic heterocycles. The second-order valence-corrected chi connectivity index (χ2v) is 6.93. The number of rotatable bonds is 6. The van der Waals surface area contributed by atoms with Crippen LogP contribution in [0.25, 0.3) is 11.1 Å². The minimum absolute atomic E-state index is 0.118. The average molecular weight is 350 g/mol. The molecule has 2 aromatic rings. The Kier molecular flexibility index (Phi) is 6.52. The third-order valence-electron chi connectivity index (χ3n) is 4.26. The Morgan fingerprint density at radius 2 is 1.88 bits per heavy atom. The van der Waals surface area contributed by atoms with Gasteiger partial charge in [0.05, 0.1) is 24.3 Å². The maximum absolute atomic E-state index is 12.1. The second-order valence-electron chi connectivity index (χ2n) is 6.93. The molecule has 0 fully saturated rings. The van der Waals surface area contributed by atoms with Crippen molar-refractivity contribution in [3.05, 3.63) is 52.3 Å². The van der Waals surface area contributed by atoms with Gasteiger partial charge in [-0.05, 0) is 44.2 Å². The molecule has 0 radical (unpaired) electrons. The summed E-state index contributed by atoms with van der Waals surface area (Å²) in [5.74, 6) is 0.0852. The summed E-state index contributed by atoms with van der Waals surface area (Å²) in [4.78, 5) is 16.8. The van der Waals surface area contributed by atoms with Gasteiger partial charge in [0, 0.05) is 11.3 Å². The van der Waals surface area contributed by atoms with E-state index >= 15 is 0 Å². The topological polar surface area (TPSA) is 63.0 Å². The van der Waals surface area contributed by atoms with E-state index in [4.69, 9.17) is 4.74 Å². The summed E-state index contributed by atoms with van der Waals surface area (Å²) in [6.07, 6.45) is 0.842. The molecule has 0 bridgehead atoms. The summed E-state index contributed by atoms with van der Waals surface area (Å²) < 4.78 is 5.13. The van der Waals surface area contributed by atoms with E-state index in [9.17, 15) is 10.1 Å². The normalized spacial score (nSPS) is 10.7. The standard InChI is InChI=1S/C22H26N2O2/c1-6-26-21(25)12-18-16(5)24-20(11-14(2)3)19(13-23)22(18)17-9-7-15(4)8-10-17/h7-10,14H,6,11-12H2,1-5H3. The fourth-order valence-electron chi connectivity index (χ4n) is 3.07. The highest BCUT2D eigenvalue weighted by molar-refractivity contribution is 5.82. The van der Waals surface area contributed by atoms with Gasteiger partial charge >= 0.3 is 5.97 Å². The van der Waals surface area contributed by atoms with Crippen molar-refractivity contribution in [1.29, 1.82) is 5.26 Å². The molecule has 0 atom stereocenters. The largest absolute Gasteiger partial charge is 0.466 e. The Balaban J connectivity index is 2.71. The molecular formula is C22H26N2O2. The van der Waals surface area contributed by atoms with Gasteiger partial charge in [0.2, 0.25) is 0 Å². The van der Waals surface area contributed by atoms with Crippen LogP contribution in [-0.4, -0.2) is 17.6 Å². The fraction of sp³-hybridized carbons (Fsp3) is 0.409. The molecule has 0 amide bonds. The van der Waals surface area contributed by atoms with Crippen LogP contribution in [0.2, 0.25) is 0 Å². The first-order valence-electron chi connectivity index (χ1n) is 9.02. The molecule has 2 rings (SSSR count). The van der Waals surface area contributed by atoms with E-state index in [2.05, 4.69) is 24.9 Å².